The summed E-state index contributed by atoms with van der Waals surface area (Å²) in [5.74, 6) is 0.160. The summed E-state index contributed by atoms with van der Waals surface area (Å²) < 4.78 is 1.91. The average Bonchev–Trinajstić information content (AvgIpc) is 2.64. The van der Waals surface area contributed by atoms with Crippen LogP contribution in [0, 0.1) is 0 Å². The van der Waals surface area contributed by atoms with Crippen LogP contribution in [0.2, 0.25) is 0 Å². The van der Waals surface area contributed by atoms with Crippen LogP contribution >= 0.6 is 31.9 Å². The molecule has 0 aliphatic heterocycles. The second kappa shape index (κ2) is 8.56. The van der Waals surface area contributed by atoms with Gasteiger partial charge in [-0.1, -0.05) is 80.4 Å². The van der Waals surface area contributed by atoms with E-state index in [-0.39, 0.29) is 11.6 Å². The molecule has 3 aromatic rings. The van der Waals surface area contributed by atoms with E-state index in [0.29, 0.717) is 24.0 Å². The molecule has 0 amide bonds. The summed E-state index contributed by atoms with van der Waals surface area (Å²) in [6.45, 7) is 0. The summed E-state index contributed by atoms with van der Waals surface area (Å²) >= 11 is 6.74. The van der Waals surface area contributed by atoms with Crippen molar-refractivity contribution in [2.24, 2.45) is 0 Å². The zero-order valence-corrected chi connectivity index (χ0v) is 17.1. The molecule has 0 atom stereocenters. The smallest absolute Gasteiger partial charge is 0.167 e. The van der Waals surface area contributed by atoms with Gasteiger partial charge in [-0.3, -0.25) is 9.59 Å². The number of hydrogen-bond donors (Lipinski definition) is 0. The molecule has 3 aromatic carbocycles. The van der Waals surface area contributed by atoms with Crippen molar-refractivity contribution >= 4 is 43.4 Å². The Labute approximate surface area is 169 Å². The van der Waals surface area contributed by atoms with Crippen molar-refractivity contribution in [1.82, 2.24) is 0 Å². The molecule has 0 bridgehead atoms. The van der Waals surface area contributed by atoms with Crippen LogP contribution in [0.25, 0.3) is 0 Å². The fourth-order valence-electron chi connectivity index (χ4n) is 2.62. The van der Waals surface area contributed by atoms with Gasteiger partial charge in [0.1, 0.15) is 0 Å². The molecular weight excluding hydrogens is 456 g/mol. The monoisotopic (exact) mass is 470 g/mol. The number of rotatable bonds is 6. The maximum Gasteiger partial charge on any atom is 0.167 e. The molecule has 0 heterocycles. The lowest BCUT2D eigenvalue weighted by molar-refractivity contribution is 0.0984. The van der Waals surface area contributed by atoms with Crippen molar-refractivity contribution in [3.8, 4) is 0 Å². The Balaban J connectivity index is 1.62. The van der Waals surface area contributed by atoms with Gasteiger partial charge >= 0.3 is 0 Å². The Bertz CT molecular complexity index is 833. The minimum absolute atomic E-state index is 0.0798. The van der Waals surface area contributed by atoms with Gasteiger partial charge in [-0.05, 0) is 35.4 Å². The number of benzene rings is 3. The lowest BCUT2D eigenvalue weighted by atomic mass is 9.99. The second-order valence-corrected chi connectivity index (χ2v) is 7.86. The zero-order chi connectivity index (χ0) is 18.5. The number of carbonyl (C=O) groups is 2. The molecule has 4 heteroatoms. The van der Waals surface area contributed by atoms with Crippen LogP contribution < -0.4 is 0 Å². The normalized spacial score (nSPS) is 10.5. The number of hydrogen-bond acceptors (Lipinski definition) is 2. The summed E-state index contributed by atoms with van der Waals surface area (Å²) in [7, 11) is 0. The predicted molar refractivity (Wildman–Crippen MR) is 111 cm³/mol. The first-order valence-electron chi connectivity index (χ1n) is 8.16. The van der Waals surface area contributed by atoms with Crippen LogP contribution in [-0.2, 0) is 12.8 Å². The number of halogens is 2. The average molecular weight is 472 g/mol. The third-order valence-corrected chi connectivity index (χ3v) is 5.14. The molecule has 0 N–H and O–H groups in total. The molecule has 0 aliphatic carbocycles. The van der Waals surface area contributed by atoms with Crippen molar-refractivity contribution in [2.45, 2.75) is 12.8 Å². The summed E-state index contributed by atoms with van der Waals surface area (Å²) in [5.41, 5.74) is 3.28. The summed E-state index contributed by atoms with van der Waals surface area (Å²) in [6.07, 6.45) is 0.700. The second-order valence-electron chi connectivity index (χ2n) is 6.03. The summed E-state index contributed by atoms with van der Waals surface area (Å²) in [4.78, 5) is 24.7. The van der Waals surface area contributed by atoms with Crippen molar-refractivity contribution in [1.29, 1.82) is 0 Å². The third-order valence-electron chi connectivity index (χ3n) is 4.08. The van der Waals surface area contributed by atoms with Crippen molar-refractivity contribution < 1.29 is 9.59 Å². The van der Waals surface area contributed by atoms with E-state index in [1.54, 1.807) is 0 Å². The summed E-state index contributed by atoms with van der Waals surface area (Å²) in [6, 6.07) is 22.4. The van der Waals surface area contributed by atoms with E-state index < -0.39 is 0 Å². The first-order valence-corrected chi connectivity index (χ1v) is 9.75. The molecular formula is C22H16Br2O2. The fourth-order valence-corrected chi connectivity index (χ4v) is 3.15. The van der Waals surface area contributed by atoms with Gasteiger partial charge in [0.15, 0.2) is 11.6 Å². The first-order chi connectivity index (χ1) is 12.5. The van der Waals surface area contributed by atoms with E-state index in [2.05, 4.69) is 31.9 Å². The van der Waals surface area contributed by atoms with Gasteiger partial charge in [0.25, 0.3) is 0 Å². The van der Waals surface area contributed by atoms with Crippen molar-refractivity contribution in [2.75, 3.05) is 0 Å². The molecule has 0 saturated heterocycles. The molecule has 0 spiro atoms. The molecule has 0 saturated carbocycles. The minimum atomic E-state index is 0.0798. The molecule has 0 radical (unpaired) electrons. The molecule has 0 aliphatic rings. The largest absolute Gasteiger partial charge is 0.294 e. The van der Waals surface area contributed by atoms with E-state index in [1.807, 2.05) is 72.8 Å². The number of carbonyl (C=O) groups excluding carboxylic acids is 2. The van der Waals surface area contributed by atoms with Gasteiger partial charge in [0.2, 0.25) is 0 Å². The van der Waals surface area contributed by atoms with Crippen LogP contribution in [0.3, 0.4) is 0 Å². The molecule has 2 nitrogen and oxygen atoms in total. The van der Waals surface area contributed by atoms with Crippen LogP contribution in [0.4, 0.5) is 0 Å². The SMILES string of the molecule is O=C(Cc1ccc(CC(=O)c2ccc(Br)cc2)cc1)c1ccc(Br)cc1. The van der Waals surface area contributed by atoms with Crippen LogP contribution in [0.5, 0.6) is 0 Å². The highest BCUT2D eigenvalue weighted by Gasteiger charge is 2.09. The van der Waals surface area contributed by atoms with E-state index in [0.717, 1.165) is 20.1 Å². The lowest BCUT2D eigenvalue weighted by Gasteiger charge is -2.05. The van der Waals surface area contributed by atoms with E-state index in [1.165, 1.54) is 0 Å². The van der Waals surface area contributed by atoms with Gasteiger partial charge in [-0.25, -0.2) is 0 Å². The molecule has 0 unspecified atom stereocenters. The fraction of sp³-hybridized carbons (Fsp3) is 0.0909. The number of ketones is 2. The first kappa shape index (κ1) is 18.7. The highest BCUT2D eigenvalue weighted by Crippen LogP contribution is 2.15. The van der Waals surface area contributed by atoms with Gasteiger partial charge in [-0.2, -0.15) is 0 Å². The Kier molecular flexibility index (Phi) is 6.17. The standard InChI is InChI=1S/C22H16Br2O2/c23-19-9-5-17(6-10-19)21(25)13-15-1-2-16(4-3-15)14-22(26)18-7-11-20(24)12-8-18/h1-12H,13-14H2. The van der Waals surface area contributed by atoms with Gasteiger partial charge in [-0.15, -0.1) is 0 Å². The quantitative estimate of drug-likeness (QED) is 0.409. The molecule has 0 aromatic heterocycles. The molecule has 130 valence electrons. The van der Waals surface area contributed by atoms with Crippen molar-refractivity contribution in [3.63, 3.8) is 0 Å². The highest BCUT2D eigenvalue weighted by atomic mass is 79.9. The molecule has 3 rings (SSSR count). The Morgan fingerprint density at radius 2 is 0.846 bits per heavy atom. The topological polar surface area (TPSA) is 34.1 Å². The molecule has 0 fully saturated rings. The van der Waals surface area contributed by atoms with Gasteiger partial charge in [0.05, 0.1) is 0 Å². The zero-order valence-electron chi connectivity index (χ0n) is 13.9. The van der Waals surface area contributed by atoms with E-state index >= 15 is 0 Å². The summed E-state index contributed by atoms with van der Waals surface area (Å²) in [5, 5.41) is 0. The predicted octanol–water partition coefficient (Wildman–Crippen LogP) is 6.06. The number of Topliss-reactive ketones (excluding diaryl/α,β-unsaturated/α-hetero) is 2. The third kappa shape index (κ3) is 4.99. The van der Waals surface area contributed by atoms with Gasteiger partial charge < -0.3 is 0 Å². The maximum atomic E-state index is 12.3. The van der Waals surface area contributed by atoms with Crippen LogP contribution in [0.1, 0.15) is 31.8 Å². The highest BCUT2D eigenvalue weighted by molar-refractivity contribution is 9.10. The van der Waals surface area contributed by atoms with Gasteiger partial charge in [0, 0.05) is 32.9 Å². The minimum Gasteiger partial charge on any atom is -0.294 e. The van der Waals surface area contributed by atoms with E-state index in [4.69, 9.17) is 0 Å². The lowest BCUT2D eigenvalue weighted by Crippen LogP contribution is -2.05. The molecule has 26 heavy (non-hydrogen) atoms. The van der Waals surface area contributed by atoms with Crippen LogP contribution in [-0.4, -0.2) is 11.6 Å². The van der Waals surface area contributed by atoms with Crippen LogP contribution in [0.15, 0.2) is 81.7 Å². The maximum absolute atomic E-state index is 12.3. The van der Waals surface area contributed by atoms with Crippen molar-refractivity contribution in [3.05, 3.63) is 104 Å². The van der Waals surface area contributed by atoms with E-state index in [9.17, 15) is 9.59 Å². The Hall–Kier alpha value is -2.04. The Morgan fingerprint density at radius 1 is 0.538 bits per heavy atom. The Morgan fingerprint density at radius 3 is 1.15 bits per heavy atom.